The number of hydrogen-bond donors (Lipinski definition) is 4. The Morgan fingerprint density at radius 3 is 2.36 bits per heavy atom. The summed E-state index contributed by atoms with van der Waals surface area (Å²) in [4.78, 5) is 17.4. The average molecular weight is 340 g/mol. The van der Waals surface area contributed by atoms with Gasteiger partial charge in [-0.15, -0.1) is 0 Å². The summed E-state index contributed by atoms with van der Waals surface area (Å²) in [5.74, 6) is 0.0614. The molecule has 8 heteroatoms. The fraction of sp³-hybridized carbons (Fsp3) is 1.00. The van der Waals surface area contributed by atoms with Gasteiger partial charge in [-0.1, -0.05) is 46.0 Å². The molecule has 0 saturated carbocycles. The lowest BCUT2D eigenvalue weighted by atomic mass is 9.92. The molecule has 0 bridgehead atoms. The molecule has 0 aromatic carbocycles. The average Bonchev–Trinajstić information content (AvgIpc) is 2.72. The molecule has 4 N–H and O–H groups in total. The van der Waals surface area contributed by atoms with E-state index in [2.05, 4.69) is 11.4 Å². The largest absolute Gasteiger partial charge is 0.469 e. The van der Waals surface area contributed by atoms with Crippen molar-refractivity contribution in [3.8, 4) is 0 Å². The predicted octanol–water partition coefficient (Wildman–Crippen LogP) is 1.58. The maximum absolute atomic E-state index is 10.7. The summed E-state index contributed by atoms with van der Waals surface area (Å²) in [5, 5.41) is 20.0. The lowest BCUT2D eigenvalue weighted by molar-refractivity contribution is -0.0410. The van der Waals surface area contributed by atoms with Gasteiger partial charge in [0.25, 0.3) is 0 Å². The van der Waals surface area contributed by atoms with Crippen LogP contribution in [0.2, 0.25) is 0 Å². The van der Waals surface area contributed by atoms with Crippen LogP contribution in [-0.2, 0) is 13.8 Å². The van der Waals surface area contributed by atoms with E-state index in [1.54, 1.807) is 0 Å². The van der Waals surface area contributed by atoms with E-state index in [1.165, 1.54) is 19.3 Å². The summed E-state index contributed by atoms with van der Waals surface area (Å²) in [5.41, 5.74) is 0. The van der Waals surface area contributed by atoms with Crippen LogP contribution >= 0.6 is 7.82 Å². The van der Waals surface area contributed by atoms with Crippen LogP contribution in [0.25, 0.3) is 0 Å². The Balaban J connectivity index is 2.38. The number of phosphoric ester groups is 1. The zero-order valence-corrected chi connectivity index (χ0v) is 14.2. The molecule has 1 fully saturated rings. The summed E-state index contributed by atoms with van der Waals surface area (Å²) >= 11 is 0. The second kappa shape index (κ2) is 9.33. The molecule has 1 rings (SSSR count). The Labute approximate surface area is 131 Å². The van der Waals surface area contributed by atoms with Crippen molar-refractivity contribution in [2.45, 2.75) is 76.8 Å². The Morgan fingerprint density at radius 2 is 1.77 bits per heavy atom. The van der Waals surface area contributed by atoms with Crippen LogP contribution in [0, 0.1) is 5.92 Å². The van der Waals surface area contributed by atoms with Gasteiger partial charge in [0, 0.05) is 0 Å². The fourth-order valence-corrected chi connectivity index (χ4v) is 3.13. The highest BCUT2D eigenvalue weighted by atomic mass is 31.2. The highest BCUT2D eigenvalue weighted by Crippen LogP contribution is 2.38. The molecule has 0 aromatic heterocycles. The van der Waals surface area contributed by atoms with Gasteiger partial charge in [0.15, 0.2) is 0 Å². The number of ether oxygens (including phenoxy) is 1. The van der Waals surface area contributed by atoms with Crippen LogP contribution in [0.15, 0.2) is 0 Å². The van der Waals surface area contributed by atoms with Crippen molar-refractivity contribution in [2.24, 2.45) is 5.92 Å². The zero-order chi connectivity index (χ0) is 16.8. The van der Waals surface area contributed by atoms with Gasteiger partial charge in [0.1, 0.15) is 18.3 Å². The van der Waals surface area contributed by atoms with E-state index in [0.717, 1.165) is 19.3 Å². The first-order valence-corrected chi connectivity index (χ1v) is 9.51. The standard InChI is InChI=1S/C14H29O7P/c1-3-4-5-6-7-8-10(2)14-13(16)12(15)11(21-14)9-20-22(17,18)19/h10-16H,3-9H2,1-2H3,(H2,17,18,19)/t10?,11?,12?,13?,14-/m0/s1. The van der Waals surface area contributed by atoms with Crippen molar-refractivity contribution in [2.75, 3.05) is 6.61 Å². The number of aliphatic hydroxyl groups excluding tert-OH is 2. The Morgan fingerprint density at radius 1 is 1.14 bits per heavy atom. The van der Waals surface area contributed by atoms with Gasteiger partial charge in [-0.05, 0) is 12.3 Å². The molecule has 22 heavy (non-hydrogen) atoms. The summed E-state index contributed by atoms with van der Waals surface area (Å²) in [6.45, 7) is 3.67. The van der Waals surface area contributed by atoms with Crippen LogP contribution in [0.4, 0.5) is 0 Å². The van der Waals surface area contributed by atoms with E-state index >= 15 is 0 Å². The third-order valence-corrected chi connectivity index (χ3v) is 4.62. The lowest BCUT2D eigenvalue weighted by Gasteiger charge is -2.22. The number of phosphoric acid groups is 1. The predicted molar refractivity (Wildman–Crippen MR) is 81.2 cm³/mol. The minimum absolute atomic E-state index is 0.0614. The number of aliphatic hydroxyl groups is 2. The number of rotatable bonds is 10. The molecule has 7 nitrogen and oxygen atoms in total. The molecule has 1 heterocycles. The fourth-order valence-electron chi connectivity index (χ4n) is 2.79. The highest BCUT2D eigenvalue weighted by Gasteiger charge is 2.45. The number of hydrogen-bond acceptors (Lipinski definition) is 5. The molecule has 0 radical (unpaired) electrons. The Kier molecular flexibility index (Phi) is 8.49. The van der Waals surface area contributed by atoms with E-state index in [0.29, 0.717) is 0 Å². The van der Waals surface area contributed by atoms with Crippen LogP contribution < -0.4 is 0 Å². The molecular formula is C14H29O7P. The maximum Gasteiger partial charge on any atom is 0.469 e. The van der Waals surface area contributed by atoms with E-state index < -0.39 is 38.8 Å². The first kappa shape index (κ1) is 20.0. The third-order valence-electron chi connectivity index (χ3n) is 4.13. The summed E-state index contributed by atoms with van der Waals surface area (Å²) in [6.07, 6.45) is 2.94. The maximum atomic E-state index is 10.7. The first-order chi connectivity index (χ1) is 10.3. The van der Waals surface area contributed by atoms with Gasteiger partial charge in [0.05, 0.1) is 12.7 Å². The van der Waals surface area contributed by atoms with Gasteiger partial charge in [-0.3, -0.25) is 4.52 Å². The van der Waals surface area contributed by atoms with E-state index in [-0.39, 0.29) is 5.92 Å². The van der Waals surface area contributed by atoms with Crippen LogP contribution in [0.3, 0.4) is 0 Å². The van der Waals surface area contributed by atoms with Gasteiger partial charge in [-0.2, -0.15) is 0 Å². The molecule has 1 aliphatic heterocycles. The molecular weight excluding hydrogens is 311 g/mol. The van der Waals surface area contributed by atoms with Gasteiger partial charge < -0.3 is 24.7 Å². The minimum Gasteiger partial charge on any atom is -0.388 e. The molecule has 0 amide bonds. The van der Waals surface area contributed by atoms with Crippen molar-refractivity contribution in [1.29, 1.82) is 0 Å². The second-order valence-corrected chi connectivity index (χ2v) is 7.33. The molecule has 132 valence electrons. The summed E-state index contributed by atoms with van der Waals surface area (Å²) < 4.78 is 20.6. The van der Waals surface area contributed by atoms with E-state index in [1.807, 2.05) is 6.92 Å². The Hall–Kier alpha value is -0.0100. The van der Waals surface area contributed by atoms with Crippen LogP contribution in [-0.4, -0.2) is 51.0 Å². The monoisotopic (exact) mass is 340 g/mol. The lowest BCUT2D eigenvalue weighted by Crippen LogP contribution is -2.36. The Bertz CT molecular complexity index is 359. The summed E-state index contributed by atoms with van der Waals surface area (Å²) in [7, 11) is -4.61. The SMILES string of the molecule is CCCCCCCC(C)[C@@H]1OC(COP(=O)(O)O)C(O)C1O. The molecule has 1 aliphatic rings. The topological polar surface area (TPSA) is 116 Å². The zero-order valence-electron chi connectivity index (χ0n) is 13.3. The van der Waals surface area contributed by atoms with Crippen molar-refractivity contribution in [3.05, 3.63) is 0 Å². The van der Waals surface area contributed by atoms with Gasteiger partial charge >= 0.3 is 7.82 Å². The quantitative estimate of drug-likeness (QED) is 0.352. The van der Waals surface area contributed by atoms with Crippen molar-refractivity contribution >= 4 is 7.82 Å². The molecule has 0 aliphatic carbocycles. The number of unbranched alkanes of at least 4 members (excludes halogenated alkanes) is 4. The highest BCUT2D eigenvalue weighted by molar-refractivity contribution is 7.46. The minimum atomic E-state index is -4.61. The molecule has 5 atom stereocenters. The third kappa shape index (κ3) is 6.62. The molecule has 1 saturated heterocycles. The normalized spacial score (nSPS) is 30.6. The van der Waals surface area contributed by atoms with E-state index in [4.69, 9.17) is 14.5 Å². The first-order valence-electron chi connectivity index (χ1n) is 7.98. The molecule has 0 spiro atoms. The second-order valence-electron chi connectivity index (χ2n) is 6.09. The van der Waals surface area contributed by atoms with Gasteiger partial charge in [-0.25, -0.2) is 4.57 Å². The smallest absolute Gasteiger partial charge is 0.388 e. The van der Waals surface area contributed by atoms with Crippen molar-refractivity contribution in [1.82, 2.24) is 0 Å². The molecule has 4 unspecified atom stereocenters. The summed E-state index contributed by atoms with van der Waals surface area (Å²) in [6, 6.07) is 0. The van der Waals surface area contributed by atoms with E-state index in [9.17, 15) is 14.8 Å². The van der Waals surface area contributed by atoms with Gasteiger partial charge in [0.2, 0.25) is 0 Å². The molecule has 0 aromatic rings. The van der Waals surface area contributed by atoms with Crippen molar-refractivity contribution < 1.29 is 33.8 Å². The van der Waals surface area contributed by atoms with Crippen molar-refractivity contribution in [3.63, 3.8) is 0 Å². The van der Waals surface area contributed by atoms with Crippen LogP contribution in [0.5, 0.6) is 0 Å². The van der Waals surface area contributed by atoms with Crippen LogP contribution in [0.1, 0.15) is 52.4 Å².